The van der Waals surface area contributed by atoms with Gasteiger partial charge in [-0.25, -0.2) is 0 Å². The van der Waals surface area contributed by atoms with Crippen LogP contribution in [-0.4, -0.2) is 9.97 Å². The molecule has 0 aliphatic heterocycles. The lowest BCUT2D eigenvalue weighted by atomic mass is 9.91. The molecule has 17 heavy (non-hydrogen) atoms. The lowest BCUT2D eigenvalue weighted by Gasteiger charge is -2.14. The second kappa shape index (κ2) is 6.14. The van der Waals surface area contributed by atoms with Crippen molar-refractivity contribution in [1.82, 2.24) is 9.97 Å². The van der Waals surface area contributed by atoms with Gasteiger partial charge in [0.05, 0.1) is 0 Å². The highest BCUT2D eigenvalue weighted by Gasteiger charge is 2.08. The van der Waals surface area contributed by atoms with Crippen molar-refractivity contribution < 1.29 is 0 Å². The maximum absolute atomic E-state index is 4.17. The fourth-order valence-electron chi connectivity index (χ4n) is 2.07. The molecule has 0 bridgehead atoms. The Morgan fingerprint density at radius 2 is 1.71 bits per heavy atom. The molecular formula is C15H18N2. The van der Waals surface area contributed by atoms with Crippen LogP contribution in [-0.2, 0) is 12.8 Å². The van der Waals surface area contributed by atoms with E-state index >= 15 is 0 Å². The van der Waals surface area contributed by atoms with E-state index in [1.54, 1.807) is 0 Å². The molecule has 2 rings (SSSR count). The average molecular weight is 226 g/mol. The van der Waals surface area contributed by atoms with Crippen LogP contribution in [0.25, 0.3) is 0 Å². The lowest BCUT2D eigenvalue weighted by molar-refractivity contribution is 0.503. The fourth-order valence-corrected chi connectivity index (χ4v) is 2.07. The summed E-state index contributed by atoms with van der Waals surface area (Å²) in [5.41, 5.74) is 2.70. The predicted molar refractivity (Wildman–Crippen MR) is 69.7 cm³/mol. The van der Waals surface area contributed by atoms with Crippen molar-refractivity contribution in [2.45, 2.75) is 26.2 Å². The van der Waals surface area contributed by atoms with E-state index in [0.29, 0.717) is 5.92 Å². The topological polar surface area (TPSA) is 25.8 Å². The molecule has 2 heteroatoms. The molecule has 0 radical (unpaired) electrons. The van der Waals surface area contributed by atoms with E-state index in [-0.39, 0.29) is 0 Å². The van der Waals surface area contributed by atoms with Gasteiger partial charge in [-0.05, 0) is 48.1 Å². The molecule has 0 aliphatic rings. The summed E-state index contributed by atoms with van der Waals surface area (Å²) in [6.45, 7) is 2.25. The molecule has 0 aliphatic carbocycles. The Labute approximate surface area is 103 Å². The summed E-state index contributed by atoms with van der Waals surface area (Å²) in [5, 5.41) is 0. The van der Waals surface area contributed by atoms with E-state index in [0.717, 1.165) is 12.8 Å². The number of hydrogen-bond donors (Lipinski definition) is 0. The second-order valence-electron chi connectivity index (χ2n) is 4.40. The van der Waals surface area contributed by atoms with Gasteiger partial charge in [0.15, 0.2) is 0 Å². The van der Waals surface area contributed by atoms with E-state index in [1.165, 1.54) is 17.5 Å². The third-order valence-corrected chi connectivity index (χ3v) is 3.10. The van der Waals surface area contributed by atoms with E-state index in [1.807, 2.05) is 30.9 Å². The van der Waals surface area contributed by atoms with Gasteiger partial charge in [0, 0.05) is 24.8 Å². The minimum Gasteiger partial charge on any atom is -0.265 e. The Kier molecular flexibility index (Phi) is 4.25. The van der Waals surface area contributed by atoms with Crippen molar-refractivity contribution in [2.24, 2.45) is 5.92 Å². The summed E-state index contributed by atoms with van der Waals surface area (Å²) >= 11 is 0. The third kappa shape index (κ3) is 3.66. The van der Waals surface area contributed by atoms with Gasteiger partial charge in [-0.3, -0.25) is 9.97 Å². The van der Waals surface area contributed by atoms with Crippen molar-refractivity contribution in [2.75, 3.05) is 0 Å². The van der Waals surface area contributed by atoms with E-state index in [9.17, 15) is 0 Å². The normalized spacial score (nSPS) is 12.3. The zero-order chi connectivity index (χ0) is 11.9. The van der Waals surface area contributed by atoms with Crippen LogP contribution in [0.15, 0.2) is 49.1 Å². The van der Waals surface area contributed by atoms with Crippen molar-refractivity contribution in [3.8, 4) is 0 Å². The molecule has 0 amide bonds. The summed E-state index contributed by atoms with van der Waals surface area (Å²) in [4.78, 5) is 8.22. The minimum absolute atomic E-state index is 0.682. The Bertz CT molecular complexity index is 384. The number of hydrogen-bond acceptors (Lipinski definition) is 2. The SMILES string of the molecule is CCC(Cc1ccncc1)Cc1cccnc1. The van der Waals surface area contributed by atoms with Gasteiger partial charge in [-0.2, -0.15) is 0 Å². The number of rotatable bonds is 5. The zero-order valence-electron chi connectivity index (χ0n) is 10.2. The Morgan fingerprint density at radius 3 is 2.35 bits per heavy atom. The molecule has 2 heterocycles. The minimum atomic E-state index is 0.682. The first-order valence-electron chi connectivity index (χ1n) is 6.16. The highest BCUT2D eigenvalue weighted by atomic mass is 14.6. The Morgan fingerprint density at radius 1 is 0.941 bits per heavy atom. The molecule has 0 saturated carbocycles. The lowest BCUT2D eigenvalue weighted by Crippen LogP contribution is -2.07. The third-order valence-electron chi connectivity index (χ3n) is 3.10. The molecule has 2 aromatic rings. The molecule has 0 saturated heterocycles. The monoisotopic (exact) mass is 226 g/mol. The Balaban J connectivity index is 1.98. The quantitative estimate of drug-likeness (QED) is 0.781. The molecule has 1 atom stereocenters. The summed E-state index contributed by atoms with van der Waals surface area (Å²) in [6.07, 6.45) is 10.9. The molecule has 0 fully saturated rings. The molecule has 88 valence electrons. The average Bonchev–Trinajstić information content (AvgIpc) is 2.40. The summed E-state index contributed by atoms with van der Waals surface area (Å²) < 4.78 is 0. The van der Waals surface area contributed by atoms with Crippen LogP contribution in [0.4, 0.5) is 0 Å². The van der Waals surface area contributed by atoms with Crippen LogP contribution in [0, 0.1) is 5.92 Å². The smallest absolute Gasteiger partial charge is 0.0299 e. The van der Waals surface area contributed by atoms with E-state index < -0.39 is 0 Å². The highest BCUT2D eigenvalue weighted by molar-refractivity contribution is 5.13. The number of nitrogens with zero attached hydrogens (tertiary/aromatic N) is 2. The van der Waals surface area contributed by atoms with Crippen LogP contribution < -0.4 is 0 Å². The first-order chi connectivity index (χ1) is 8.38. The first kappa shape index (κ1) is 11.8. The molecule has 0 spiro atoms. The van der Waals surface area contributed by atoms with Gasteiger partial charge >= 0.3 is 0 Å². The number of pyridine rings is 2. The standard InChI is InChI=1S/C15H18N2/c1-2-13(10-14-5-8-16-9-6-14)11-15-4-3-7-17-12-15/h3-9,12-13H,2,10-11H2,1H3. The zero-order valence-corrected chi connectivity index (χ0v) is 10.2. The van der Waals surface area contributed by atoms with Gasteiger partial charge in [-0.15, -0.1) is 0 Å². The van der Waals surface area contributed by atoms with E-state index in [2.05, 4.69) is 35.1 Å². The van der Waals surface area contributed by atoms with Gasteiger partial charge in [0.25, 0.3) is 0 Å². The highest BCUT2D eigenvalue weighted by Crippen LogP contribution is 2.16. The van der Waals surface area contributed by atoms with Crippen molar-refractivity contribution in [3.05, 3.63) is 60.2 Å². The van der Waals surface area contributed by atoms with Crippen LogP contribution in [0.5, 0.6) is 0 Å². The van der Waals surface area contributed by atoms with Crippen LogP contribution in [0.1, 0.15) is 24.5 Å². The molecular weight excluding hydrogens is 208 g/mol. The van der Waals surface area contributed by atoms with Gasteiger partial charge < -0.3 is 0 Å². The van der Waals surface area contributed by atoms with Crippen LogP contribution in [0.2, 0.25) is 0 Å². The molecule has 2 aromatic heterocycles. The summed E-state index contributed by atoms with van der Waals surface area (Å²) in [7, 11) is 0. The van der Waals surface area contributed by atoms with Crippen molar-refractivity contribution >= 4 is 0 Å². The van der Waals surface area contributed by atoms with Gasteiger partial charge in [0.2, 0.25) is 0 Å². The molecule has 0 aromatic carbocycles. The van der Waals surface area contributed by atoms with Crippen molar-refractivity contribution in [1.29, 1.82) is 0 Å². The van der Waals surface area contributed by atoms with Crippen LogP contribution >= 0.6 is 0 Å². The largest absolute Gasteiger partial charge is 0.265 e. The molecule has 2 nitrogen and oxygen atoms in total. The summed E-state index contributed by atoms with van der Waals surface area (Å²) in [6, 6.07) is 8.37. The van der Waals surface area contributed by atoms with Crippen LogP contribution in [0.3, 0.4) is 0 Å². The van der Waals surface area contributed by atoms with E-state index in [4.69, 9.17) is 0 Å². The molecule has 1 unspecified atom stereocenters. The predicted octanol–water partition coefficient (Wildman–Crippen LogP) is 3.29. The maximum Gasteiger partial charge on any atom is 0.0299 e. The first-order valence-corrected chi connectivity index (χ1v) is 6.16. The fraction of sp³-hybridized carbons (Fsp3) is 0.333. The summed E-state index contributed by atoms with van der Waals surface area (Å²) in [5.74, 6) is 0.682. The maximum atomic E-state index is 4.17. The van der Waals surface area contributed by atoms with Gasteiger partial charge in [-0.1, -0.05) is 19.4 Å². The van der Waals surface area contributed by atoms with Gasteiger partial charge in [0.1, 0.15) is 0 Å². The van der Waals surface area contributed by atoms with Crippen molar-refractivity contribution in [3.63, 3.8) is 0 Å². The molecule has 0 N–H and O–H groups in total. The number of aromatic nitrogens is 2. The second-order valence-corrected chi connectivity index (χ2v) is 4.40. The Hall–Kier alpha value is -1.70.